The van der Waals surface area contributed by atoms with E-state index in [0.29, 0.717) is 12.0 Å². The summed E-state index contributed by atoms with van der Waals surface area (Å²) in [6.45, 7) is 1.55. The van der Waals surface area contributed by atoms with Crippen molar-refractivity contribution in [3.8, 4) is 0 Å². The summed E-state index contributed by atoms with van der Waals surface area (Å²) in [4.78, 5) is 20.5. The van der Waals surface area contributed by atoms with Gasteiger partial charge in [-0.05, 0) is 60.0 Å². The SMILES string of the molecule is CC(=O)c1ccc(C2=NC(c3ccc(F)cc3)=C(c3ccncc3)C2)cc1. The second-order valence-corrected chi connectivity index (χ2v) is 6.44. The fourth-order valence-corrected chi connectivity index (χ4v) is 3.20. The minimum Gasteiger partial charge on any atom is -0.295 e. The Hall–Kier alpha value is -3.40. The van der Waals surface area contributed by atoms with Crippen LogP contribution in [0.4, 0.5) is 4.39 Å². The number of pyridine rings is 1. The van der Waals surface area contributed by atoms with Crippen molar-refractivity contribution in [1.82, 2.24) is 4.98 Å². The van der Waals surface area contributed by atoms with Crippen molar-refractivity contribution in [2.24, 2.45) is 4.99 Å². The summed E-state index contributed by atoms with van der Waals surface area (Å²) in [6.07, 6.45) is 4.17. The van der Waals surface area contributed by atoms with E-state index in [9.17, 15) is 9.18 Å². The average molecular weight is 356 g/mol. The van der Waals surface area contributed by atoms with Gasteiger partial charge in [-0.3, -0.25) is 14.8 Å². The van der Waals surface area contributed by atoms with Gasteiger partial charge >= 0.3 is 0 Å². The number of hydrogen-bond acceptors (Lipinski definition) is 3. The number of ketones is 1. The van der Waals surface area contributed by atoms with Crippen molar-refractivity contribution >= 4 is 22.8 Å². The van der Waals surface area contributed by atoms with Crippen LogP contribution in [0.3, 0.4) is 0 Å². The lowest BCUT2D eigenvalue weighted by atomic mass is 9.96. The Morgan fingerprint density at radius 3 is 2.11 bits per heavy atom. The number of hydrogen-bond donors (Lipinski definition) is 0. The molecule has 1 aliphatic rings. The smallest absolute Gasteiger partial charge is 0.159 e. The Labute approximate surface area is 156 Å². The first kappa shape index (κ1) is 17.0. The molecule has 0 N–H and O–H groups in total. The van der Waals surface area contributed by atoms with Crippen molar-refractivity contribution in [3.63, 3.8) is 0 Å². The first-order valence-electron chi connectivity index (χ1n) is 8.70. The standard InChI is InChI=1S/C23H17FN2O/c1-15(27)16-2-4-18(5-3-16)22-14-21(17-10-12-25-13-11-17)23(26-22)19-6-8-20(24)9-7-19/h2-13H,14H2,1H3. The predicted molar refractivity (Wildman–Crippen MR) is 105 cm³/mol. The molecular weight excluding hydrogens is 339 g/mol. The minimum atomic E-state index is -0.271. The lowest BCUT2D eigenvalue weighted by Crippen LogP contribution is -1.99. The largest absolute Gasteiger partial charge is 0.295 e. The monoisotopic (exact) mass is 356 g/mol. The molecule has 0 atom stereocenters. The molecule has 1 aliphatic heterocycles. The molecule has 0 saturated carbocycles. The molecule has 0 bridgehead atoms. The molecule has 3 aromatic rings. The molecule has 2 heterocycles. The number of nitrogens with zero attached hydrogens (tertiary/aromatic N) is 2. The molecule has 0 radical (unpaired) electrons. The number of Topliss-reactive ketones (excluding diaryl/α,β-unsaturated/α-hetero) is 1. The maximum atomic E-state index is 13.4. The molecule has 27 heavy (non-hydrogen) atoms. The van der Waals surface area contributed by atoms with Crippen LogP contribution in [0.1, 0.15) is 40.4 Å². The number of allylic oxidation sites excluding steroid dienone is 1. The van der Waals surface area contributed by atoms with Gasteiger partial charge in [0.1, 0.15) is 5.82 Å². The van der Waals surface area contributed by atoms with Crippen molar-refractivity contribution in [2.75, 3.05) is 0 Å². The second-order valence-electron chi connectivity index (χ2n) is 6.44. The lowest BCUT2D eigenvalue weighted by Gasteiger charge is -2.06. The van der Waals surface area contributed by atoms with Crippen LogP contribution in [0.15, 0.2) is 78.0 Å². The first-order chi connectivity index (χ1) is 13.1. The highest BCUT2D eigenvalue weighted by Gasteiger charge is 2.22. The minimum absolute atomic E-state index is 0.0394. The highest BCUT2D eigenvalue weighted by Crippen LogP contribution is 2.37. The molecular formula is C23H17FN2O. The number of aliphatic imine (C=N–C) groups is 1. The summed E-state index contributed by atoms with van der Waals surface area (Å²) in [7, 11) is 0. The van der Waals surface area contributed by atoms with E-state index in [4.69, 9.17) is 4.99 Å². The van der Waals surface area contributed by atoms with Gasteiger partial charge in [-0.2, -0.15) is 0 Å². The zero-order valence-electron chi connectivity index (χ0n) is 14.8. The van der Waals surface area contributed by atoms with Crippen LogP contribution in [-0.2, 0) is 0 Å². The van der Waals surface area contributed by atoms with Crippen LogP contribution >= 0.6 is 0 Å². The van der Waals surface area contributed by atoms with Gasteiger partial charge < -0.3 is 0 Å². The van der Waals surface area contributed by atoms with Crippen LogP contribution < -0.4 is 0 Å². The number of benzene rings is 2. The van der Waals surface area contributed by atoms with Crippen LogP contribution in [0.25, 0.3) is 11.3 Å². The lowest BCUT2D eigenvalue weighted by molar-refractivity contribution is 0.101. The van der Waals surface area contributed by atoms with E-state index in [0.717, 1.165) is 33.7 Å². The van der Waals surface area contributed by atoms with Gasteiger partial charge in [0, 0.05) is 29.9 Å². The highest BCUT2D eigenvalue weighted by atomic mass is 19.1. The molecule has 132 valence electrons. The third-order valence-corrected chi connectivity index (χ3v) is 4.65. The van der Waals surface area contributed by atoms with Gasteiger partial charge in [-0.15, -0.1) is 0 Å². The fraction of sp³-hybridized carbons (Fsp3) is 0.0870. The zero-order valence-corrected chi connectivity index (χ0v) is 14.8. The number of carbonyl (C=O) groups is 1. The number of halogens is 1. The van der Waals surface area contributed by atoms with E-state index in [1.54, 1.807) is 31.5 Å². The number of aromatic nitrogens is 1. The molecule has 2 aromatic carbocycles. The fourth-order valence-electron chi connectivity index (χ4n) is 3.20. The normalized spacial score (nSPS) is 13.6. The molecule has 0 amide bonds. The van der Waals surface area contributed by atoms with E-state index in [2.05, 4.69) is 4.98 Å². The molecule has 1 aromatic heterocycles. The summed E-state index contributed by atoms with van der Waals surface area (Å²) in [5.41, 5.74) is 6.42. The first-order valence-corrected chi connectivity index (χ1v) is 8.70. The summed E-state index contributed by atoms with van der Waals surface area (Å²) in [5.74, 6) is -0.232. The van der Waals surface area contributed by atoms with Crippen molar-refractivity contribution < 1.29 is 9.18 Å². The molecule has 4 heteroatoms. The zero-order chi connectivity index (χ0) is 18.8. The van der Waals surface area contributed by atoms with Crippen molar-refractivity contribution in [1.29, 1.82) is 0 Å². The van der Waals surface area contributed by atoms with E-state index < -0.39 is 0 Å². The maximum Gasteiger partial charge on any atom is 0.159 e. The molecule has 0 saturated heterocycles. The second kappa shape index (κ2) is 7.08. The molecule has 4 rings (SSSR count). The summed E-state index contributed by atoms with van der Waals surface area (Å²) >= 11 is 0. The molecule has 0 fully saturated rings. The van der Waals surface area contributed by atoms with Gasteiger partial charge in [-0.1, -0.05) is 24.3 Å². The average Bonchev–Trinajstić information content (AvgIpc) is 3.15. The van der Waals surface area contributed by atoms with Gasteiger partial charge in [0.05, 0.1) is 11.4 Å². The van der Waals surface area contributed by atoms with Crippen LogP contribution in [0.2, 0.25) is 0 Å². The molecule has 3 nitrogen and oxygen atoms in total. The molecule has 0 spiro atoms. The van der Waals surface area contributed by atoms with Crippen LogP contribution in [0, 0.1) is 5.82 Å². The molecule has 0 aliphatic carbocycles. The topological polar surface area (TPSA) is 42.3 Å². The van der Waals surface area contributed by atoms with E-state index >= 15 is 0 Å². The maximum absolute atomic E-state index is 13.4. The third kappa shape index (κ3) is 3.47. The van der Waals surface area contributed by atoms with Gasteiger partial charge in [0.2, 0.25) is 0 Å². The van der Waals surface area contributed by atoms with Gasteiger partial charge in [0.25, 0.3) is 0 Å². The van der Waals surface area contributed by atoms with Crippen molar-refractivity contribution in [3.05, 3.63) is 101 Å². The summed E-state index contributed by atoms with van der Waals surface area (Å²) in [5, 5.41) is 0. The Morgan fingerprint density at radius 2 is 1.48 bits per heavy atom. The predicted octanol–water partition coefficient (Wildman–Crippen LogP) is 5.18. The Morgan fingerprint density at radius 1 is 0.852 bits per heavy atom. The third-order valence-electron chi connectivity index (χ3n) is 4.65. The number of rotatable bonds is 4. The number of carbonyl (C=O) groups excluding carboxylic acids is 1. The quantitative estimate of drug-likeness (QED) is 0.604. The summed E-state index contributed by atoms with van der Waals surface area (Å²) < 4.78 is 13.4. The Kier molecular flexibility index (Phi) is 4.47. The van der Waals surface area contributed by atoms with Crippen LogP contribution in [0.5, 0.6) is 0 Å². The van der Waals surface area contributed by atoms with E-state index in [1.807, 2.05) is 36.4 Å². The highest BCUT2D eigenvalue weighted by molar-refractivity contribution is 6.17. The van der Waals surface area contributed by atoms with Gasteiger partial charge in [0.15, 0.2) is 5.78 Å². The van der Waals surface area contributed by atoms with Gasteiger partial charge in [-0.25, -0.2) is 4.39 Å². The Bertz CT molecular complexity index is 1050. The summed E-state index contributed by atoms with van der Waals surface area (Å²) in [6, 6.07) is 17.8. The van der Waals surface area contributed by atoms with E-state index in [-0.39, 0.29) is 11.6 Å². The van der Waals surface area contributed by atoms with Crippen LogP contribution in [-0.4, -0.2) is 16.5 Å². The Balaban J connectivity index is 1.76. The molecule has 0 unspecified atom stereocenters. The van der Waals surface area contributed by atoms with Crippen molar-refractivity contribution in [2.45, 2.75) is 13.3 Å². The van der Waals surface area contributed by atoms with E-state index in [1.165, 1.54) is 12.1 Å².